The van der Waals surface area contributed by atoms with Crippen LogP contribution in [0, 0.1) is 9.49 Å². The Balaban J connectivity index is 1.62. The van der Waals surface area contributed by atoms with E-state index in [-0.39, 0.29) is 30.3 Å². The van der Waals surface area contributed by atoms with Gasteiger partial charge in [0.2, 0.25) is 8.41 Å². The zero-order valence-electron chi connectivity index (χ0n) is 17.4. The van der Waals surface area contributed by atoms with Crippen LogP contribution in [0.4, 0.5) is 4.11 Å². The van der Waals surface area contributed by atoms with E-state index in [1.165, 1.54) is 9.13 Å². The Hall–Kier alpha value is -0.843. The van der Waals surface area contributed by atoms with Crippen molar-refractivity contribution >= 4 is 31.0 Å². The van der Waals surface area contributed by atoms with Crippen molar-refractivity contribution in [3.05, 3.63) is 45.3 Å². The molecule has 0 bridgehead atoms. The van der Waals surface area contributed by atoms with E-state index in [0.717, 1.165) is 25.0 Å². The third-order valence-corrected chi connectivity index (χ3v) is 9.13. The van der Waals surface area contributed by atoms with Crippen LogP contribution in [-0.2, 0) is 24.1 Å². The van der Waals surface area contributed by atoms with Crippen LogP contribution in [0.1, 0.15) is 31.0 Å². The van der Waals surface area contributed by atoms with Gasteiger partial charge < -0.3 is 14.0 Å². The second-order valence-corrected chi connectivity index (χ2v) is 13.6. The maximum atomic E-state index is 15.2. The fourth-order valence-corrected chi connectivity index (χ4v) is 7.50. The van der Waals surface area contributed by atoms with Crippen LogP contribution in [0.5, 0.6) is 0 Å². The van der Waals surface area contributed by atoms with Gasteiger partial charge in [0.25, 0.3) is 0 Å². The van der Waals surface area contributed by atoms with Crippen LogP contribution in [-0.4, -0.2) is 47.3 Å². The van der Waals surface area contributed by atoms with Gasteiger partial charge in [0.1, 0.15) is 0 Å². The molecule has 1 aliphatic heterocycles. The van der Waals surface area contributed by atoms with Crippen LogP contribution in [0.15, 0.2) is 30.5 Å². The summed E-state index contributed by atoms with van der Waals surface area (Å²) in [6, 6.07) is 8.58. The number of hydrogen-bond acceptors (Lipinski definition) is 4. The summed E-state index contributed by atoms with van der Waals surface area (Å²) < 4.78 is 24.6. The summed E-state index contributed by atoms with van der Waals surface area (Å²) in [7, 11) is -2.86. The van der Waals surface area contributed by atoms with Crippen molar-refractivity contribution in [2.75, 3.05) is 6.61 Å². The number of aliphatic hydroxyl groups excluding tert-OH is 1. The number of benzene rings is 1. The van der Waals surface area contributed by atoms with Gasteiger partial charge in [-0.2, -0.15) is 0 Å². The number of hydrogen-bond donors (Lipinski definition) is 1. The quantitative estimate of drug-likeness (QED) is 0.296. The molecule has 0 saturated carbocycles. The van der Waals surface area contributed by atoms with E-state index in [1.54, 1.807) is 17.8 Å². The molecule has 1 saturated heterocycles. The molecule has 1 aromatic carbocycles. The summed E-state index contributed by atoms with van der Waals surface area (Å²) in [6.07, 6.45) is 4.98. The molecular weight excluding hydrogens is 500 g/mol. The Morgan fingerprint density at radius 1 is 1.17 bits per heavy atom. The first kappa shape index (κ1) is 22.8. The molecule has 29 heavy (non-hydrogen) atoms. The fourth-order valence-electron chi connectivity index (χ4n) is 4.55. The van der Waals surface area contributed by atoms with E-state index in [2.05, 4.69) is 64.1 Å². The lowest BCUT2D eigenvalue weighted by atomic mass is 9.95. The summed E-state index contributed by atoms with van der Waals surface area (Å²) in [5.41, 5.74) is 2.07. The molecule has 0 radical (unpaired) electrons. The number of aryl methyl sites for hydroxylation is 2. The van der Waals surface area contributed by atoms with Crippen molar-refractivity contribution in [1.29, 1.82) is 0 Å². The Bertz CT molecular complexity index is 781. The van der Waals surface area contributed by atoms with Gasteiger partial charge in [-0.05, 0) is 78.6 Å². The predicted octanol–water partition coefficient (Wildman–Crippen LogP) is 4.39. The molecule has 1 fully saturated rings. The third kappa shape index (κ3) is 6.08. The normalized spacial score (nSPS) is 24.9. The van der Waals surface area contributed by atoms with Crippen LogP contribution in [0.25, 0.3) is 0 Å². The molecule has 1 aliphatic rings. The Morgan fingerprint density at radius 2 is 1.90 bits per heavy atom. The second-order valence-electron chi connectivity index (χ2n) is 8.56. The lowest BCUT2D eigenvalue weighted by Crippen LogP contribution is -2.36. The van der Waals surface area contributed by atoms with Crippen molar-refractivity contribution in [1.82, 2.24) is 15.0 Å². The first-order valence-corrected chi connectivity index (χ1v) is 14.4. The highest BCUT2D eigenvalue weighted by atomic mass is 127. The van der Waals surface area contributed by atoms with Crippen LogP contribution < -0.4 is 0 Å². The molecule has 0 aliphatic carbocycles. The summed E-state index contributed by atoms with van der Waals surface area (Å²) in [4.78, 5) is 0. The molecule has 0 unspecified atom stereocenters. The molecular formula is C21H31FIN3O2Si. The molecule has 1 N–H and O–H groups in total. The molecule has 2 aromatic rings. The number of aromatic nitrogens is 3. The summed E-state index contributed by atoms with van der Waals surface area (Å²) >= 11 is 2.31. The zero-order valence-corrected chi connectivity index (χ0v) is 20.5. The monoisotopic (exact) mass is 531 g/mol. The maximum absolute atomic E-state index is 15.2. The SMILES string of the molecule is C[C@@H]1[C@@H]([Si](C)(C)F)[C@H](CCn2cc(CCO)nn2)O[C@@H]1CCc1ccc(I)cc1. The zero-order chi connectivity index (χ0) is 21.0. The van der Waals surface area contributed by atoms with Gasteiger partial charge in [-0.15, -0.1) is 5.10 Å². The molecule has 4 atom stereocenters. The predicted molar refractivity (Wildman–Crippen MR) is 123 cm³/mol. The fraction of sp³-hybridized carbons (Fsp3) is 0.619. The molecule has 160 valence electrons. The molecule has 3 rings (SSSR count). The molecule has 0 amide bonds. The molecule has 1 aromatic heterocycles. The van der Waals surface area contributed by atoms with E-state index >= 15 is 4.11 Å². The lowest BCUT2D eigenvalue weighted by molar-refractivity contribution is 0.0247. The van der Waals surface area contributed by atoms with Crippen molar-refractivity contribution in [3.8, 4) is 0 Å². The minimum atomic E-state index is -2.86. The average molecular weight is 531 g/mol. The first-order valence-electron chi connectivity index (χ1n) is 10.4. The topological polar surface area (TPSA) is 60.2 Å². The van der Waals surface area contributed by atoms with E-state index in [9.17, 15) is 0 Å². The standard InChI is InChI=1S/C21H31FIN3O2Si/c1-15-19(9-6-16-4-7-17(23)8-5-16)28-20(21(15)29(2,3)22)10-12-26-14-18(11-13-27)24-25-26/h4-5,7-8,14-15,19-21,27H,6,9-13H2,1-3H3/t15-,19+,20-,21+/m0/s1. The molecule has 2 heterocycles. The van der Waals surface area contributed by atoms with Crippen LogP contribution >= 0.6 is 22.6 Å². The third-order valence-electron chi connectivity index (χ3n) is 5.92. The maximum Gasteiger partial charge on any atom is 0.246 e. The lowest BCUT2D eigenvalue weighted by Gasteiger charge is -2.28. The van der Waals surface area contributed by atoms with Gasteiger partial charge in [-0.3, -0.25) is 4.68 Å². The van der Waals surface area contributed by atoms with Crippen molar-refractivity contribution < 1.29 is 14.0 Å². The van der Waals surface area contributed by atoms with Crippen molar-refractivity contribution in [3.63, 3.8) is 0 Å². The summed E-state index contributed by atoms with van der Waals surface area (Å²) in [6.45, 7) is 6.49. The first-order chi connectivity index (χ1) is 13.8. The highest BCUT2D eigenvalue weighted by Crippen LogP contribution is 2.46. The molecule has 8 heteroatoms. The van der Waals surface area contributed by atoms with Crippen LogP contribution in [0.2, 0.25) is 18.6 Å². The van der Waals surface area contributed by atoms with Gasteiger partial charge in [0, 0.05) is 34.9 Å². The summed E-state index contributed by atoms with van der Waals surface area (Å²) in [5, 5.41) is 17.2. The largest absolute Gasteiger partial charge is 0.396 e. The number of halogens is 2. The number of rotatable bonds is 9. The number of ether oxygens (including phenoxy) is 1. The van der Waals surface area contributed by atoms with Crippen molar-refractivity contribution in [2.24, 2.45) is 5.92 Å². The van der Waals surface area contributed by atoms with Gasteiger partial charge in [-0.1, -0.05) is 24.3 Å². The van der Waals surface area contributed by atoms with E-state index in [4.69, 9.17) is 9.84 Å². The molecule has 5 nitrogen and oxygen atoms in total. The average Bonchev–Trinajstić information content (AvgIpc) is 3.23. The van der Waals surface area contributed by atoms with Gasteiger partial charge >= 0.3 is 0 Å². The minimum Gasteiger partial charge on any atom is -0.396 e. The van der Waals surface area contributed by atoms with Crippen LogP contribution in [0.3, 0.4) is 0 Å². The Labute approximate surface area is 187 Å². The van der Waals surface area contributed by atoms with E-state index in [0.29, 0.717) is 13.0 Å². The second kappa shape index (κ2) is 9.98. The Kier molecular flexibility index (Phi) is 7.85. The highest BCUT2D eigenvalue weighted by molar-refractivity contribution is 14.1. The number of nitrogens with zero attached hydrogens (tertiary/aromatic N) is 3. The van der Waals surface area contributed by atoms with Gasteiger partial charge in [0.05, 0.1) is 17.9 Å². The number of aliphatic hydroxyl groups is 1. The van der Waals surface area contributed by atoms with Crippen molar-refractivity contribution in [2.45, 2.75) is 70.0 Å². The molecule has 0 spiro atoms. The van der Waals surface area contributed by atoms with Gasteiger partial charge in [0.15, 0.2) is 0 Å². The summed E-state index contributed by atoms with van der Waals surface area (Å²) in [5.74, 6) is 0.219. The smallest absolute Gasteiger partial charge is 0.246 e. The van der Waals surface area contributed by atoms with E-state index in [1.807, 2.05) is 6.20 Å². The van der Waals surface area contributed by atoms with Gasteiger partial charge in [-0.25, -0.2) is 0 Å². The highest BCUT2D eigenvalue weighted by Gasteiger charge is 2.50. The Morgan fingerprint density at radius 3 is 2.55 bits per heavy atom. The minimum absolute atomic E-state index is 0.00958. The van der Waals surface area contributed by atoms with E-state index < -0.39 is 8.41 Å².